The number of hydrogen-bond acceptors (Lipinski definition) is 5. The molecular formula is C11H18N2O3S2. The molecular weight excluding hydrogens is 272 g/mol. The van der Waals surface area contributed by atoms with Crippen LogP contribution in [-0.2, 0) is 10.0 Å². The van der Waals surface area contributed by atoms with E-state index in [0.717, 1.165) is 37.0 Å². The normalized spacial score (nSPS) is 17.7. The lowest BCUT2D eigenvalue weighted by molar-refractivity contribution is 0.226. The summed E-state index contributed by atoms with van der Waals surface area (Å²) in [5, 5.41) is 10.7. The molecule has 0 saturated heterocycles. The quantitative estimate of drug-likeness (QED) is 0.855. The number of anilines is 1. The maximum absolute atomic E-state index is 12.5. The van der Waals surface area contributed by atoms with Crippen molar-refractivity contribution in [1.29, 1.82) is 0 Å². The van der Waals surface area contributed by atoms with Crippen LogP contribution < -0.4 is 5.73 Å². The summed E-state index contributed by atoms with van der Waals surface area (Å²) in [6.45, 7) is 0.00138. The van der Waals surface area contributed by atoms with Gasteiger partial charge >= 0.3 is 0 Å². The maximum atomic E-state index is 12.5. The summed E-state index contributed by atoms with van der Waals surface area (Å²) >= 11 is 1.13. The standard InChI is InChI=1S/C11H18N2O3S2/c12-9-7-11(17-8-9)18(15,16)13(5-6-14)10-3-1-2-4-10/h7-8,10,14H,1-6,12H2. The van der Waals surface area contributed by atoms with E-state index in [1.165, 1.54) is 10.4 Å². The third kappa shape index (κ3) is 2.69. The second-order valence-corrected chi connectivity index (χ2v) is 7.51. The monoisotopic (exact) mass is 290 g/mol. The third-order valence-electron chi connectivity index (χ3n) is 3.21. The molecule has 1 aliphatic rings. The van der Waals surface area contributed by atoms with Crippen molar-refractivity contribution in [1.82, 2.24) is 4.31 Å². The highest BCUT2D eigenvalue weighted by molar-refractivity contribution is 7.91. The summed E-state index contributed by atoms with van der Waals surface area (Å²) in [6.07, 6.45) is 3.85. The van der Waals surface area contributed by atoms with E-state index in [-0.39, 0.29) is 23.4 Å². The highest BCUT2D eigenvalue weighted by Crippen LogP contribution is 2.31. The van der Waals surface area contributed by atoms with Gasteiger partial charge in [-0.2, -0.15) is 4.31 Å². The fourth-order valence-electron chi connectivity index (χ4n) is 2.37. The highest BCUT2D eigenvalue weighted by Gasteiger charge is 2.33. The molecule has 0 aliphatic heterocycles. The van der Waals surface area contributed by atoms with Crippen LogP contribution in [0.4, 0.5) is 5.69 Å². The Labute approximate surface area is 111 Å². The Hall–Kier alpha value is -0.630. The van der Waals surface area contributed by atoms with Crippen molar-refractivity contribution in [3.8, 4) is 0 Å². The number of nitrogens with zero attached hydrogens (tertiary/aromatic N) is 1. The van der Waals surface area contributed by atoms with E-state index < -0.39 is 10.0 Å². The van der Waals surface area contributed by atoms with Crippen molar-refractivity contribution in [3.63, 3.8) is 0 Å². The Morgan fingerprint density at radius 2 is 2.11 bits per heavy atom. The molecule has 0 spiro atoms. The smallest absolute Gasteiger partial charge is 0.252 e. The number of hydrogen-bond donors (Lipinski definition) is 2. The van der Waals surface area contributed by atoms with Crippen LogP contribution in [0.15, 0.2) is 15.7 Å². The fourth-order valence-corrected chi connectivity index (χ4v) is 5.25. The van der Waals surface area contributed by atoms with Crippen LogP contribution in [0.3, 0.4) is 0 Å². The first kappa shape index (κ1) is 13.8. The van der Waals surface area contributed by atoms with E-state index in [1.54, 1.807) is 5.38 Å². The van der Waals surface area contributed by atoms with E-state index in [1.807, 2.05) is 0 Å². The molecule has 1 aromatic heterocycles. The Kier molecular flexibility index (Phi) is 4.26. The van der Waals surface area contributed by atoms with Crippen molar-refractivity contribution in [2.24, 2.45) is 0 Å². The first-order valence-electron chi connectivity index (χ1n) is 6.02. The fraction of sp³-hybridized carbons (Fsp3) is 0.636. The molecule has 0 unspecified atom stereocenters. The van der Waals surface area contributed by atoms with Crippen LogP contribution in [0.2, 0.25) is 0 Å². The minimum atomic E-state index is -3.51. The topological polar surface area (TPSA) is 83.6 Å². The average molecular weight is 290 g/mol. The predicted octanol–water partition coefficient (Wildman–Crippen LogP) is 1.26. The summed E-state index contributed by atoms with van der Waals surface area (Å²) < 4.78 is 26.7. The van der Waals surface area contributed by atoms with E-state index >= 15 is 0 Å². The van der Waals surface area contributed by atoms with Crippen LogP contribution >= 0.6 is 11.3 Å². The Morgan fingerprint density at radius 3 is 2.61 bits per heavy atom. The predicted molar refractivity (Wildman–Crippen MR) is 72.0 cm³/mol. The zero-order valence-corrected chi connectivity index (χ0v) is 11.7. The SMILES string of the molecule is Nc1csc(S(=O)(=O)N(CCO)C2CCCC2)c1. The molecule has 102 valence electrons. The highest BCUT2D eigenvalue weighted by atomic mass is 32.2. The van der Waals surface area contributed by atoms with Gasteiger partial charge in [-0.1, -0.05) is 12.8 Å². The lowest BCUT2D eigenvalue weighted by atomic mass is 10.2. The summed E-state index contributed by atoms with van der Waals surface area (Å²) in [5.74, 6) is 0. The first-order chi connectivity index (χ1) is 8.55. The van der Waals surface area contributed by atoms with Crippen LogP contribution in [0.5, 0.6) is 0 Å². The van der Waals surface area contributed by atoms with E-state index in [0.29, 0.717) is 5.69 Å². The molecule has 0 atom stereocenters. The zero-order chi connectivity index (χ0) is 13.2. The average Bonchev–Trinajstić information content (AvgIpc) is 2.96. The van der Waals surface area contributed by atoms with Crippen molar-refractivity contribution >= 4 is 27.0 Å². The lowest BCUT2D eigenvalue weighted by Gasteiger charge is -2.26. The van der Waals surface area contributed by atoms with E-state index in [9.17, 15) is 8.42 Å². The molecule has 1 heterocycles. The molecule has 3 N–H and O–H groups in total. The largest absolute Gasteiger partial charge is 0.398 e. The summed E-state index contributed by atoms with van der Waals surface area (Å²) in [4.78, 5) is 0. The van der Waals surface area contributed by atoms with Gasteiger partial charge in [0.15, 0.2) is 0 Å². The number of aliphatic hydroxyl groups excluding tert-OH is 1. The molecule has 2 rings (SSSR count). The maximum Gasteiger partial charge on any atom is 0.252 e. The van der Waals surface area contributed by atoms with Gasteiger partial charge in [0.25, 0.3) is 10.0 Å². The molecule has 0 amide bonds. The molecule has 7 heteroatoms. The van der Waals surface area contributed by atoms with Crippen molar-refractivity contribution in [2.75, 3.05) is 18.9 Å². The van der Waals surface area contributed by atoms with Crippen molar-refractivity contribution < 1.29 is 13.5 Å². The molecule has 1 saturated carbocycles. The van der Waals surface area contributed by atoms with Gasteiger partial charge in [-0.25, -0.2) is 8.42 Å². The molecule has 18 heavy (non-hydrogen) atoms. The van der Waals surface area contributed by atoms with Crippen LogP contribution in [0.1, 0.15) is 25.7 Å². The molecule has 0 radical (unpaired) electrons. The number of nitrogens with two attached hydrogens (primary N) is 1. The molecule has 1 fully saturated rings. The minimum Gasteiger partial charge on any atom is -0.398 e. The van der Waals surface area contributed by atoms with Gasteiger partial charge in [0.1, 0.15) is 4.21 Å². The third-order valence-corrected chi connectivity index (χ3v) is 6.60. The second kappa shape index (κ2) is 5.56. The number of thiophene rings is 1. The number of rotatable bonds is 5. The molecule has 0 bridgehead atoms. The van der Waals surface area contributed by atoms with Gasteiger partial charge in [0.2, 0.25) is 0 Å². The van der Waals surface area contributed by atoms with Crippen LogP contribution in [-0.4, -0.2) is 37.0 Å². The number of sulfonamides is 1. The van der Waals surface area contributed by atoms with Gasteiger partial charge in [0.05, 0.1) is 6.61 Å². The second-order valence-electron chi connectivity index (χ2n) is 4.48. The van der Waals surface area contributed by atoms with E-state index in [2.05, 4.69) is 0 Å². The Morgan fingerprint density at radius 1 is 1.44 bits per heavy atom. The number of aliphatic hydroxyl groups is 1. The zero-order valence-electron chi connectivity index (χ0n) is 10.1. The van der Waals surface area contributed by atoms with Gasteiger partial charge < -0.3 is 10.8 Å². The Bertz CT molecular complexity index is 492. The van der Waals surface area contributed by atoms with Gasteiger partial charge in [-0.15, -0.1) is 11.3 Å². The van der Waals surface area contributed by atoms with Gasteiger partial charge in [0, 0.05) is 23.7 Å². The minimum absolute atomic E-state index is 0.0190. The summed E-state index contributed by atoms with van der Waals surface area (Å²) in [6, 6.07) is 1.50. The summed E-state index contributed by atoms with van der Waals surface area (Å²) in [5.41, 5.74) is 6.05. The number of nitrogen functional groups attached to an aromatic ring is 1. The summed E-state index contributed by atoms with van der Waals surface area (Å²) in [7, 11) is -3.51. The lowest BCUT2D eigenvalue weighted by Crippen LogP contribution is -2.40. The van der Waals surface area contributed by atoms with Crippen molar-refractivity contribution in [3.05, 3.63) is 11.4 Å². The van der Waals surface area contributed by atoms with Gasteiger partial charge in [-0.3, -0.25) is 0 Å². The first-order valence-corrected chi connectivity index (χ1v) is 8.34. The molecule has 1 aliphatic carbocycles. The van der Waals surface area contributed by atoms with Crippen molar-refractivity contribution in [2.45, 2.75) is 35.9 Å². The van der Waals surface area contributed by atoms with E-state index in [4.69, 9.17) is 10.8 Å². The molecule has 0 aromatic carbocycles. The van der Waals surface area contributed by atoms with Gasteiger partial charge in [-0.05, 0) is 18.9 Å². The molecule has 5 nitrogen and oxygen atoms in total. The molecule has 1 aromatic rings. The van der Waals surface area contributed by atoms with Crippen LogP contribution in [0, 0.1) is 0 Å². The van der Waals surface area contributed by atoms with Crippen LogP contribution in [0.25, 0.3) is 0 Å². The Balaban J connectivity index is 2.28.